The number of hydrogen-bond acceptors (Lipinski definition) is 4. The third-order valence-electron chi connectivity index (χ3n) is 6.18. The number of ether oxygens (including phenoxy) is 3. The summed E-state index contributed by atoms with van der Waals surface area (Å²) in [6, 6.07) is 12.0. The molecule has 34 heavy (non-hydrogen) atoms. The standard InChI is InChI=1S/C27H27F3O4/c28-27(29,30)34-23-14-13-21(25(31)32-22-11-5-2-6-12-22)19-24(23)33-26(16-7-8-17-26)18-15-20-9-3-1-4-10-20/h2,5-6,11-14,19-20H,1,3-4,7-10,16-17H2. The molecule has 0 heterocycles. The second-order valence-electron chi connectivity index (χ2n) is 8.82. The highest BCUT2D eigenvalue weighted by Crippen LogP contribution is 2.40. The number of benzene rings is 2. The van der Waals surface area contributed by atoms with Gasteiger partial charge in [0.15, 0.2) is 17.1 Å². The molecule has 0 aromatic heterocycles. The summed E-state index contributed by atoms with van der Waals surface area (Å²) in [6.07, 6.45) is 3.61. The number of para-hydroxylation sites is 1. The van der Waals surface area contributed by atoms with Crippen LogP contribution in [0, 0.1) is 17.8 Å². The lowest BCUT2D eigenvalue weighted by Crippen LogP contribution is -2.31. The van der Waals surface area contributed by atoms with Gasteiger partial charge in [0.2, 0.25) is 0 Å². The number of carbonyl (C=O) groups excluding carboxylic acids is 1. The zero-order valence-corrected chi connectivity index (χ0v) is 18.8. The van der Waals surface area contributed by atoms with Crippen LogP contribution in [0.5, 0.6) is 17.2 Å². The van der Waals surface area contributed by atoms with Crippen molar-refractivity contribution in [3.63, 3.8) is 0 Å². The SMILES string of the molecule is O=C(Oc1ccccc1)c1ccc(OC(F)(F)F)c(OC2(C#CC3CCCCC3)CCCC2)c1. The number of rotatable bonds is 5. The summed E-state index contributed by atoms with van der Waals surface area (Å²) in [5, 5.41) is 0. The Morgan fingerprint density at radius 3 is 2.29 bits per heavy atom. The first-order valence-corrected chi connectivity index (χ1v) is 11.7. The molecule has 2 fully saturated rings. The Balaban J connectivity index is 1.62. The molecule has 4 rings (SSSR count). The Morgan fingerprint density at radius 2 is 1.62 bits per heavy atom. The summed E-state index contributed by atoms with van der Waals surface area (Å²) < 4.78 is 54.9. The second kappa shape index (κ2) is 10.4. The van der Waals surface area contributed by atoms with Gasteiger partial charge in [-0.25, -0.2) is 4.79 Å². The average molecular weight is 473 g/mol. The zero-order chi connectivity index (χ0) is 24.0. The molecule has 2 aliphatic rings. The van der Waals surface area contributed by atoms with Crippen LogP contribution < -0.4 is 14.2 Å². The van der Waals surface area contributed by atoms with Crippen LogP contribution in [0.2, 0.25) is 0 Å². The zero-order valence-electron chi connectivity index (χ0n) is 18.8. The van der Waals surface area contributed by atoms with E-state index in [2.05, 4.69) is 16.6 Å². The highest BCUT2D eigenvalue weighted by Gasteiger charge is 2.38. The van der Waals surface area contributed by atoms with Crippen molar-refractivity contribution in [1.82, 2.24) is 0 Å². The molecule has 0 spiro atoms. The second-order valence-corrected chi connectivity index (χ2v) is 8.82. The van der Waals surface area contributed by atoms with Gasteiger partial charge in [-0.1, -0.05) is 49.3 Å². The maximum absolute atomic E-state index is 13.1. The first kappa shape index (κ1) is 24.0. The fourth-order valence-electron chi connectivity index (χ4n) is 4.47. The Hall–Kier alpha value is -3.14. The summed E-state index contributed by atoms with van der Waals surface area (Å²) in [5.74, 6) is 5.84. The molecule has 0 radical (unpaired) electrons. The van der Waals surface area contributed by atoms with Gasteiger partial charge in [0.1, 0.15) is 5.75 Å². The van der Waals surface area contributed by atoms with E-state index in [1.165, 1.54) is 18.6 Å². The quantitative estimate of drug-likeness (QED) is 0.265. The molecule has 0 unspecified atom stereocenters. The lowest BCUT2D eigenvalue weighted by Gasteiger charge is -2.27. The number of halogens is 3. The Morgan fingerprint density at radius 1 is 0.912 bits per heavy atom. The number of hydrogen-bond donors (Lipinski definition) is 0. The minimum Gasteiger partial charge on any atom is -0.471 e. The largest absolute Gasteiger partial charge is 0.573 e. The van der Waals surface area contributed by atoms with Crippen molar-refractivity contribution >= 4 is 5.97 Å². The lowest BCUT2D eigenvalue weighted by atomic mass is 9.89. The van der Waals surface area contributed by atoms with Gasteiger partial charge in [0.05, 0.1) is 5.56 Å². The van der Waals surface area contributed by atoms with Gasteiger partial charge in [-0.2, -0.15) is 0 Å². The van der Waals surface area contributed by atoms with E-state index in [1.807, 2.05) is 0 Å². The fraction of sp³-hybridized carbons (Fsp3) is 0.444. The molecular formula is C27H27F3O4. The summed E-state index contributed by atoms with van der Waals surface area (Å²) in [6.45, 7) is 0. The molecule has 7 heteroatoms. The van der Waals surface area contributed by atoms with Crippen molar-refractivity contribution in [2.45, 2.75) is 69.8 Å². The predicted octanol–water partition coefficient (Wildman–Crippen LogP) is 7.08. The normalized spacial score (nSPS) is 18.0. The third kappa shape index (κ3) is 6.47. The summed E-state index contributed by atoms with van der Waals surface area (Å²) in [5.41, 5.74) is -0.842. The van der Waals surface area contributed by atoms with E-state index in [0.29, 0.717) is 18.6 Å². The maximum Gasteiger partial charge on any atom is 0.573 e. The topological polar surface area (TPSA) is 44.8 Å². The van der Waals surface area contributed by atoms with E-state index in [-0.39, 0.29) is 17.2 Å². The number of esters is 1. The van der Waals surface area contributed by atoms with Crippen molar-refractivity contribution in [3.05, 3.63) is 54.1 Å². The molecule has 0 saturated heterocycles. The molecule has 0 N–H and O–H groups in total. The molecular weight excluding hydrogens is 445 g/mol. The monoisotopic (exact) mass is 472 g/mol. The van der Waals surface area contributed by atoms with Gasteiger partial charge < -0.3 is 14.2 Å². The molecule has 2 aromatic rings. The average Bonchev–Trinajstić information content (AvgIpc) is 3.28. The number of carbonyl (C=O) groups is 1. The third-order valence-corrected chi connectivity index (χ3v) is 6.18. The van der Waals surface area contributed by atoms with Crippen molar-refractivity contribution in [2.24, 2.45) is 5.92 Å². The van der Waals surface area contributed by atoms with E-state index < -0.39 is 23.7 Å². The Kier molecular flexibility index (Phi) is 7.35. The van der Waals surface area contributed by atoms with Crippen LogP contribution in [0.3, 0.4) is 0 Å². The van der Waals surface area contributed by atoms with E-state index in [0.717, 1.165) is 44.6 Å². The van der Waals surface area contributed by atoms with Gasteiger partial charge in [-0.05, 0) is 68.9 Å². The minimum atomic E-state index is -4.90. The first-order valence-electron chi connectivity index (χ1n) is 11.7. The Bertz CT molecular complexity index is 1040. The highest BCUT2D eigenvalue weighted by molar-refractivity contribution is 5.91. The summed E-state index contributed by atoms with van der Waals surface area (Å²) >= 11 is 0. The first-order chi connectivity index (χ1) is 16.3. The highest BCUT2D eigenvalue weighted by atomic mass is 19.4. The molecule has 180 valence electrons. The van der Waals surface area contributed by atoms with Crippen molar-refractivity contribution in [2.75, 3.05) is 0 Å². The van der Waals surface area contributed by atoms with Crippen LogP contribution in [-0.2, 0) is 0 Å². The van der Waals surface area contributed by atoms with Crippen LogP contribution in [-0.4, -0.2) is 17.9 Å². The molecule has 2 saturated carbocycles. The van der Waals surface area contributed by atoms with Gasteiger partial charge in [0.25, 0.3) is 0 Å². The van der Waals surface area contributed by atoms with Gasteiger partial charge in [-0.3, -0.25) is 0 Å². The van der Waals surface area contributed by atoms with Gasteiger partial charge in [0, 0.05) is 5.92 Å². The smallest absolute Gasteiger partial charge is 0.471 e. The predicted molar refractivity (Wildman–Crippen MR) is 121 cm³/mol. The molecule has 2 aromatic carbocycles. The van der Waals surface area contributed by atoms with Crippen LogP contribution in [0.4, 0.5) is 13.2 Å². The van der Waals surface area contributed by atoms with E-state index in [1.54, 1.807) is 30.3 Å². The van der Waals surface area contributed by atoms with Crippen molar-refractivity contribution in [1.29, 1.82) is 0 Å². The van der Waals surface area contributed by atoms with Crippen LogP contribution in [0.1, 0.15) is 68.1 Å². The van der Waals surface area contributed by atoms with Crippen molar-refractivity contribution < 1.29 is 32.2 Å². The number of alkyl halides is 3. The molecule has 4 nitrogen and oxygen atoms in total. The van der Waals surface area contributed by atoms with Gasteiger partial charge >= 0.3 is 12.3 Å². The summed E-state index contributed by atoms with van der Waals surface area (Å²) in [4.78, 5) is 12.6. The van der Waals surface area contributed by atoms with Gasteiger partial charge in [-0.15, -0.1) is 13.2 Å². The molecule has 0 bridgehead atoms. The molecule has 0 atom stereocenters. The van der Waals surface area contributed by atoms with Crippen molar-refractivity contribution in [3.8, 4) is 29.1 Å². The minimum absolute atomic E-state index is 0.0572. The molecule has 0 amide bonds. The van der Waals surface area contributed by atoms with Crippen LogP contribution in [0.15, 0.2) is 48.5 Å². The van der Waals surface area contributed by atoms with E-state index in [4.69, 9.17) is 9.47 Å². The van der Waals surface area contributed by atoms with Crippen LogP contribution in [0.25, 0.3) is 0 Å². The van der Waals surface area contributed by atoms with Crippen LogP contribution >= 0.6 is 0 Å². The molecule has 0 aliphatic heterocycles. The summed E-state index contributed by atoms with van der Waals surface area (Å²) in [7, 11) is 0. The molecule has 2 aliphatic carbocycles. The fourth-order valence-corrected chi connectivity index (χ4v) is 4.47. The lowest BCUT2D eigenvalue weighted by molar-refractivity contribution is -0.275. The maximum atomic E-state index is 13.1. The van der Waals surface area contributed by atoms with E-state index in [9.17, 15) is 18.0 Å². The van der Waals surface area contributed by atoms with E-state index >= 15 is 0 Å². The Labute approximate surface area is 197 Å².